The van der Waals surface area contributed by atoms with Gasteiger partial charge in [0.15, 0.2) is 0 Å². The van der Waals surface area contributed by atoms with E-state index in [2.05, 4.69) is 20.9 Å². The van der Waals surface area contributed by atoms with E-state index in [1.807, 2.05) is 6.92 Å². The van der Waals surface area contributed by atoms with Gasteiger partial charge >= 0.3 is 0 Å². The lowest BCUT2D eigenvalue weighted by Crippen LogP contribution is -2.27. The first-order chi connectivity index (χ1) is 9.32. The lowest BCUT2D eigenvalue weighted by atomic mass is 10.3. The fourth-order valence-electron chi connectivity index (χ4n) is 1.66. The maximum Gasteiger partial charge on any atom is 0.245 e. The number of thiazole rings is 1. The van der Waals surface area contributed by atoms with E-state index in [-0.39, 0.29) is 17.1 Å². The lowest BCUT2D eigenvalue weighted by Gasteiger charge is -2.18. The molecule has 0 atom stereocenters. The minimum atomic E-state index is -3.63. The van der Waals surface area contributed by atoms with Gasteiger partial charge in [0, 0.05) is 22.9 Å². The van der Waals surface area contributed by atoms with Crippen molar-refractivity contribution < 1.29 is 8.42 Å². The quantitative estimate of drug-likeness (QED) is 0.833. The Balaban J connectivity index is 2.35. The number of aromatic nitrogens is 1. The molecular formula is C12H14BrN3O2S2. The van der Waals surface area contributed by atoms with E-state index in [1.165, 1.54) is 28.8 Å². The highest BCUT2D eigenvalue weighted by atomic mass is 79.9. The van der Waals surface area contributed by atoms with Crippen LogP contribution < -0.4 is 5.73 Å². The Labute approximate surface area is 130 Å². The first kappa shape index (κ1) is 15.4. The topological polar surface area (TPSA) is 76.3 Å². The molecule has 1 aromatic carbocycles. The van der Waals surface area contributed by atoms with Crippen molar-refractivity contribution in [2.75, 3.05) is 12.8 Å². The number of aryl methyl sites for hydroxylation is 1. The Morgan fingerprint density at radius 3 is 2.75 bits per heavy atom. The van der Waals surface area contributed by atoms with E-state index >= 15 is 0 Å². The monoisotopic (exact) mass is 375 g/mol. The molecule has 8 heteroatoms. The molecule has 0 aliphatic carbocycles. The van der Waals surface area contributed by atoms with E-state index in [1.54, 1.807) is 17.6 Å². The Morgan fingerprint density at radius 2 is 2.15 bits per heavy atom. The normalized spacial score (nSPS) is 12.0. The van der Waals surface area contributed by atoms with Crippen molar-refractivity contribution in [2.45, 2.75) is 18.4 Å². The van der Waals surface area contributed by atoms with Crippen LogP contribution in [-0.2, 0) is 16.6 Å². The number of nitrogen functional groups attached to an aromatic ring is 1. The van der Waals surface area contributed by atoms with Gasteiger partial charge in [-0.15, -0.1) is 11.3 Å². The zero-order chi connectivity index (χ0) is 14.9. The summed E-state index contributed by atoms with van der Waals surface area (Å²) >= 11 is 4.70. The fourth-order valence-corrected chi connectivity index (χ4v) is 4.37. The molecule has 0 saturated carbocycles. The second-order valence-electron chi connectivity index (χ2n) is 4.30. The first-order valence-electron chi connectivity index (χ1n) is 5.72. The van der Waals surface area contributed by atoms with Crippen LogP contribution in [0.4, 0.5) is 5.69 Å². The molecule has 0 spiro atoms. The van der Waals surface area contributed by atoms with Gasteiger partial charge in [-0.05, 0) is 25.1 Å². The standard InChI is InChI=1S/C12H14BrN3O2S2/c1-8-11(19-7-15-8)6-16(2)20(17,18)12-5-9(13)3-4-10(12)14/h3-5,7H,6,14H2,1-2H3. The van der Waals surface area contributed by atoms with Gasteiger partial charge in [-0.2, -0.15) is 4.31 Å². The molecule has 0 bridgehead atoms. The van der Waals surface area contributed by atoms with E-state index in [0.717, 1.165) is 10.6 Å². The Hall–Kier alpha value is -0.960. The summed E-state index contributed by atoms with van der Waals surface area (Å²) in [5, 5.41) is 0. The van der Waals surface area contributed by atoms with E-state index in [0.29, 0.717) is 4.47 Å². The summed E-state index contributed by atoms with van der Waals surface area (Å²) in [6, 6.07) is 4.80. The third-order valence-corrected chi connectivity index (χ3v) is 6.15. The van der Waals surface area contributed by atoms with Crippen molar-refractivity contribution in [2.24, 2.45) is 0 Å². The molecule has 1 heterocycles. The van der Waals surface area contributed by atoms with Crippen LogP contribution in [0.15, 0.2) is 33.1 Å². The summed E-state index contributed by atoms with van der Waals surface area (Å²) in [7, 11) is -2.09. The molecule has 0 aliphatic rings. The lowest BCUT2D eigenvalue weighted by molar-refractivity contribution is 0.469. The van der Waals surface area contributed by atoms with Crippen LogP contribution in [0.5, 0.6) is 0 Å². The average Bonchev–Trinajstić information content (AvgIpc) is 2.78. The molecule has 5 nitrogen and oxygen atoms in total. The predicted molar refractivity (Wildman–Crippen MR) is 84.1 cm³/mol. The van der Waals surface area contributed by atoms with Crippen LogP contribution in [0.25, 0.3) is 0 Å². The van der Waals surface area contributed by atoms with Crippen LogP contribution in [-0.4, -0.2) is 24.8 Å². The molecule has 20 heavy (non-hydrogen) atoms. The fraction of sp³-hybridized carbons (Fsp3) is 0.250. The number of nitrogens with zero attached hydrogens (tertiary/aromatic N) is 2. The molecule has 0 amide bonds. The highest BCUT2D eigenvalue weighted by molar-refractivity contribution is 9.10. The van der Waals surface area contributed by atoms with Crippen LogP contribution >= 0.6 is 27.3 Å². The summed E-state index contributed by atoms with van der Waals surface area (Å²) in [5.41, 5.74) is 8.57. The largest absolute Gasteiger partial charge is 0.398 e. The first-order valence-corrected chi connectivity index (χ1v) is 8.84. The van der Waals surface area contributed by atoms with Crippen molar-refractivity contribution >= 4 is 43.0 Å². The third-order valence-electron chi connectivity index (χ3n) is 2.87. The van der Waals surface area contributed by atoms with E-state index in [9.17, 15) is 8.42 Å². The molecule has 2 N–H and O–H groups in total. The number of benzene rings is 1. The van der Waals surface area contributed by atoms with Gasteiger partial charge in [0.05, 0.1) is 16.9 Å². The van der Waals surface area contributed by atoms with Crippen LogP contribution in [0, 0.1) is 6.92 Å². The summed E-state index contributed by atoms with van der Waals surface area (Å²) in [6.45, 7) is 2.14. The second-order valence-corrected chi connectivity index (χ2v) is 8.17. The van der Waals surface area contributed by atoms with E-state index < -0.39 is 10.0 Å². The average molecular weight is 376 g/mol. The molecule has 0 fully saturated rings. The van der Waals surface area contributed by atoms with Crippen LogP contribution in [0.3, 0.4) is 0 Å². The number of rotatable bonds is 4. The molecule has 0 saturated heterocycles. The zero-order valence-electron chi connectivity index (χ0n) is 11.0. The smallest absolute Gasteiger partial charge is 0.245 e. The highest BCUT2D eigenvalue weighted by Gasteiger charge is 2.24. The maximum absolute atomic E-state index is 12.6. The summed E-state index contributed by atoms with van der Waals surface area (Å²) in [5.74, 6) is 0. The SMILES string of the molecule is Cc1ncsc1CN(C)S(=O)(=O)c1cc(Br)ccc1N. The zero-order valence-corrected chi connectivity index (χ0v) is 14.2. The molecule has 2 aromatic rings. The van der Waals surface area contributed by atoms with Crippen molar-refractivity contribution in [3.63, 3.8) is 0 Å². The Bertz CT molecular complexity index is 728. The van der Waals surface area contributed by atoms with Gasteiger partial charge < -0.3 is 5.73 Å². The number of hydrogen-bond acceptors (Lipinski definition) is 5. The number of nitrogens with two attached hydrogens (primary N) is 1. The molecule has 108 valence electrons. The number of anilines is 1. The summed E-state index contributed by atoms with van der Waals surface area (Å²) in [4.78, 5) is 5.15. The van der Waals surface area contributed by atoms with Gasteiger partial charge in [0.2, 0.25) is 10.0 Å². The highest BCUT2D eigenvalue weighted by Crippen LogP contribution is 2.27. The van der Waals surface area contributed by atoms with Gasteiger partial charge in [-0.3, -0.25) is 0 Å². The molecule has 0 aliphatic heterocycles. The van der Waals surface area contributed by atoms with Gasteiger partial charge in [-0.1, -0.05) is 15.9 Å². The summed E-state index contributed by atoms with van der Waals surface area (Å²) in [6.07, 6.45) is 0. The van der Waals surface area contributed by atoms with Crippen LogP contribution in [0.2, 0.25) is 0 Å². The van der Waals surface area contributed by atoms with Crippen molar-refractivity contribution in [1.82, 2.24) is 9.29 Å². The maximum atomic E-state index is 12.6. The molecule has 2 rings (SSSR count). The van der Waals surface area contributed by atoms with Gasteiger partial charge in [0.25, 0.3) is 0 Å². The van der Waals surface area contributed by atoms with Crippen molar-refractivity contribution in [3.05, 3.63) is 38.8 Å². The second kappa shape index (κ2) is 5.80. The van der Waals surface area contributed by atoms with Gasteiger partial charge in [0.1, 0.15) is 4.90 Å². The molecule has 1 aromatic heterocycles. The van der Waals surface area contributed by atoms with Gasteiger partial charge in [-0.25, -0.2) is 13.4 Å². The minimum Gasteiger partial charge on any atom is -0.398 e. The Kier molecular flexibility index (Phi) is 4.48. The predicted octanol–water partition coefficient (Wildman–Crippen LogP) is 2.62. The van der Waals surface area contributed by atoms with Crippen molar-refractivity contribution in [1.29, 1.82) is 0 Å². The third kappa shape index (κ3) is 3.03. The molecule has 0 unspecified atom stereocenters. The van der Waals surface area contributed by atoms with Crippen LogP contribution in [0.1, 0.15) is 10.6 Å². The Morgan fingerprint density at radius 1 is 1.45 bits per heavy atom. The molecule has 0 radical (unpaired) electrons. The molecular weight excluding hydrogens is 362 g/mol. The van der Waals surface area contributed by atoms with E-state index in [4.69, 9.17) is 5.73 Å². The summed E-state index contributed by atoms with van der Waals surface area (Å²) < 4.78 is 27.1. The van der Waals surface area contributed by atoms with Crippen molar-refractivity contribution in [3.8, 4) is 0 Å². The number of hydrogen-bond donors (Lipinski definition) is 1. The number of halogens is 1. The number of sulfonamides is 1. The minimum absolute atomic E-state index is 0.108.